The Balaban J connectivity index is 1.71. The van der Waals surface area contributed by atoms with Crippen LogP contribution in [-0.2, 0) is 0 Å². The molecule has 0 aromatic heterocycles. The maximum absolute atomic E-state index is 12.3. The number of hydrogen-bond donors (Lipinski definition) is 1. The summed E-state index contributed by atoms with van der Waals surface area (Å²) in [7, 11) is 0. The summed E-state index contributed by atoms with van der Waals surface area (Å²) in [6, 6.07) is 15.8. The molecule has 3 aromatic carbocycles. The zero-order valence-electron chi connectivity index (χ0n) is 15.6. The van der Waals surface area contributed by atoms with Crippen molar-refractivity contribution in [2.75, 3.05) is 0 Å². The number of esters is 1. The van der Waals surface area contributed by atoms with Crippen LogP contribution in [0.4, 0.5) is 5.69 Å². The monoisotopic (exact) mass is 457 g/mol. The first-order chi connectivity index (χ1) is 14.8. The molecule has 156 valence electrons. The number of halogens is 2. The van der Waals surface area contributed by atoms with Crippen LogP contribution in [0.2, 0.25) is 10.0 Å². The summed E-state index contributed by atoms with van der Waals surface area (Å²) in [6.07, 6.45) is 1.26. The molecule has 0 unspecified atom stereocenters. The van der Waals surface area contributed by atoms with E-state index in [-0.39, 0.29) is 17.0 Å². The Morgan fingerprint density at radius 3 is 2.19 bits per heavy atom. The van der Waals surface area contributed by atoms with Gasteiger partial charge in [-0.15, -0.1) is 0 Å². The summed E-state index contributed by atoms with van der Waals surface area (Å²) in [5.41, 5.74) is 2.99. The van der Waals surface area contributed by atoms with Gasteiger partial charge >= 0.3 is 5.97 Å². The Bertz CT molecular complexity index is 1160. The molecule has 0 spiro atoms. The van der Waals surface area contributed by atoms with Crippen molar-refractivity contribution in [3.8, 4) is 5.75 Å². The first-order valence-electron chi connectivity index (χ1n) is 8.68. The molecule has 0 saturated heterocycles. The highest BCUT2D eigenvalue weighted by atomic mass is 35.5. The molecule has 0 heterocycles. The Labute approximate surface area is 186 Å². The fourth-order valence-corrected chi connectivity index (χ4v) is 2.72. The molecule has 0 atom stereocenters. The molecular formula is C21H13Cl2N3O5. The number of nitrogens with zero attached hydrogens (tertiary/aromatic N) is 2. The van der Waals surface area contributed by atoms with Gasteiger partial charge in [-0.3, -0.25) is 14.9 Å². The summed E-state index contributed by atoms with van der Waals surface area (Å²) in [5, 5.41) is 15.4. The highest BCUT2D eigenvalue weighted by Gasteiger charge is 2.12. The van der Waals surface area contributed by atoms with Crippen LogP contribution < -0.4 is 10.2 Å². The number of nitro benzene ring substituents is 1. The number of nitrogens with one attached hydrogen (secondary N) is 1. The summed E-state index contributed by atoms with van der Waals surface area (Å²) >= 11 is 11.8. The van der Waals surface area contributed by atoms with E-state index in [0.29, 0.717) is 21.2 Å². The second-order valence-corrected chi connectivity index (χ2v) is 6.95. The average Bonchev–Trinajstić information content (AvgIpc) is 2.76. The molecule has 8 nitrogen and oxygen atoms in total. The van der Waals surface area contributed by atoms with E-state index in [1.165, 1.54) is 54.7 Å². The van der Waals surface area contributed by atoms with E-state index in [4.69, 9.17) is 27.9 Å². The largest absolute Gasteiger partial charge is 0.422 e. The first-order valence-corrected chi connectivity index (χ1v) is 9.44. The number of carbonyl (C=O) groups is 2. The number of hydrogen-bond acceptors (Lipinski definition) is 6. The van der Waals surface area contributed by atoms with E-state index in [1.807, 2.05) is 0 Å². The highest BCUT2D eigenvalue weighted by molar-refractivity contribution is 6.31. The van der Waals surface area contributed by atoms with Crippen LogP contribution in [0, 0.1) is 10.1 Å². The number of amides is 1. The van der Waals surface area contributed by atoms with Crippen molar-refractivity contribution in [3.05, 3.63) is 104 Å². The first kappa shape index (κ1) is 21.9. The Kier molecular flexibility index (Phi) is 6.96. The molecule has 0 aliphatic rings. The fourth-order valence-electron chi connectivity index (χ4n) is 2.42. The van der Waals surface area contributed by atoms with Crippen LogP contribution in [0.1, 0.15) is 26.3 Å². The minimum absolute atomic E-state index is 0.133. The summed E-state index contributed by atoms with van der Waals surface area (Å²) in [4.78, 5) is 34.6. The van der Waals surface area contributed by atoms with E-state index in [0.717, 1.165) is 0 Å². The van der Waals surface area contributed by atoms with Gasteiger partial charge in [0.15, 0.2) is 0 Å². The predicted molar refractivity (Wildman–Crippen MR) is 116 cm³/mol. The molecule has 0 aliphatic carbocycles. The van der Waals surface area contributed by atoms with E-state index in [1.54, 1.807) is 18.2 Å². The van der Waals surface area contributed by atoms with Gasteiger partial charge in [0.2, 0.25) is 0 Å². The van der Waals surface area contributed by atoms with Crippen molar-refractivity contribution < 1.29 is 19.2 Å². The van der Waals surface area contributed by atoms with Crippen LogP contribution in [-0.4, -0.2) is 23.0 Å². The molecule has 0 aliphatic heterocycles. The van der Waals surface area contributed by atoms with Crippen LogP contribution in [0.3, 0.4) is 0 Å². The molecule has 1 N–H and O–H groups in total. The van der Waals surface area contributed by atoms with Gasteiger partial charge in [-0.1, -0.05) is 23.2 Å². The molecule has 3 rings (SSSR count). The zero-order valence-corrected chi connectivity index (χ0v) is 17.1. The van der Waals surface area contributed by atoms with E-state index in [9.17, 15) is 19.7 Å². The predicted octanol–water partition coefficient (Wildman–Crippen LogP) is 4.88. The number of rotatable bonds is 6. The molecule has 0 saturated carbocycles. The number of benzene rings is 3. The van der Waals surface area contributed by atoms with Crippen molar-refractivity contribution in [2.24, 2.45) is 5.10 Å². The smallest absolute Gasteiger partial charge is 0.343 e. The molecular weight excluding hydrogens is 445 g/mol. The molecule has 0 radical (unpaired) electrons. The lowest BCUT2D eigenvalue weighted by Crippen LogP contribution is -2.17. The lowest BCUT2D eigenvalue weighted by Gasteiger charge is -2.08. The molecule has 3 aromatic rings. The van der Waals surface area contributed by atoms with Crippen molar-refractivity contribution >= 4 is 47.0 Å². The van der Waals surface area contributed by atoms with Gasteiger partial charge in [0.05, 0.1) is 16.7 Å². The maximum Gasteiger partial charge on any atom is 0.343 e. The SMILES string of the molecule is O=C(N/N=C/c1cc(Cl)ccc1OC(=O)c1ccc(Cl)cc1)c1ccc([N+](=O)[O-])cc1. The highest BCUT2D eigenvalue weighted by Crippen LogP contribution is 2.23. The van der Waals surface area contributed by atoms with Gasteiger partial charge in [0.25, 0.3) is 11.6 Å². The van der Waals surface area contributed by atoms with Gasteiger partial charge in [-0.05, 0) is 54.6 Å². The number of carbonyl (C=O) groups excluding carboxylic acids is 2. The molecule has 0 fully saturated rings. The van der Waals surface area contributed by atoms with Gasteiger partial charge in [-0.2, -0.15) is 5.10 Å². The van der Waals surface area contributed by atoms with Crippen molar-refractivity contribution in [1.82, 2.24) is 5.43 Å². The Morgan fingerprint density at radius 1 is 0.935 bits per heavy atom. The van der Waals surface area contributed by atoms with Gasteiger partial charge in [-0.25, -0.2) is 10.2 Å². The molecule has 0 bridgehead atoms. The third kappa shape index (κ3) is 5.88. The summed E-state index contributed by atoms with van der Waals surface area (Å²) < 4.78 is 5.40. The maximum atomic E-state index is 12.3. The third-order valence-corrected chi connectivity index (χ3v) is 4.45. The van der Waals surface area contributed by atoms with Crippen LogP contribution >= 0.6 is 23.2 Å². The lowest BCUT2D eigenvalue weighted by molar-refractivity contribution is -0.384. The average molecular weight is 458 g/mol. The Hall–Kier alpha value is -3.75. The molecule has 1 amide bonds. The van der Waals surface area contributed by atoms with Gasteiger partial charge in [0.1, 0.15) is 5.75 Å². The van der Waals surface area contributed by atoms with Crippen molar-refractivity contribution in [2.45, 2.75) is 0 Å². The standard InChI is InChI=1S/C21H13Cl2N3O5/c22-16-5-1-14(2-6-16)21(28)31-19-10-7-17(23)11-15(19)12-24-25-20(27)13-3-8-18(9-4-13)26(29)30/h1-12H,(H,25,27)/b24-12+. The van der Waals surface area contributed by atoms with Crippen LogP contribution in [0.25, 0.3) is 0 Å². The van der Waals surface area contributed by atoms with Crippen LogP contribution in [0.5, 0.6) is 5.75 Å². The van der Waals surface area contributed by atoms with Gasteiger partial charge < -0.3 is 4.74 Å². The number of hydrazone groups is 1. The van der Waals surface area contributed by atoms with E-state index < -0.39 is 16.8 Å². The van der Waals surface area contributed by atoms with Crippen molar-refractivity contribution in [1.29, 1.82) is 0 Å². The van der Waals surface area contributed by atoms with Gasteiger partial charge in [0, 0.05) is 33.3 Å². The Morgan fingerprint density at radius 2 is 1.55 bits per heavy atom. The minimum atomic E-state index is -0.608. The number of nitro groups is 1. The molecule has 31 heavy (non-hydrogen) atoms. The van der Waals surface area contributed by atoms with E-state index >= 15 is 0 Å². The summed E-state index contributed by atoms with van der Waals surface area (Å²) in [6.45, 7) is 0. The number of non-ortho nitro benzene ring substituents is 1. The second kappa shape index (κ2) is 9.84. The topological polar surface area (TPSA) is 111 Å². The fraction of sp³-hybridized carbons (Fsp3) is 0. The minimum Gasteiger partial charge on any atom is -0.422 e. The van der Waals surface area contributed by atoms with Crippen LogP contribution in [0.15, 0.2) is 71.8 Å². The van der Waals surface area contributed by atoms with Crippen molar-refractivity contribution in [3.63, 3.8) is 0 Å². The van der Waals surface area contributed by atoms with E-state index in [2.05, 4.69) is 10.5 Å². The third-order valence-electron chi connectivity index (χ3n) is 3.96. The number of ether oxygens (including phenoxy) is 1. The second-order valence-electron chi connectivity index (χ2n) is 6.08. The lowest BCUT2D eigenvalue weighted by atomic mass is 10.2. The quantitative estimate of drug-likeness (QED) is 0.186. The normalized spacial score (nSPS) is 10.6. The summed E-state index contributed by atoms with van der Waals surface area (Å²) in [5.74, 6) is -1.01. The zero-order chi connectivity index (χ0) is 22.4. The molecule has 10 heteroatoms.